The minimum atomic E-state index is -0.479. The molecule has 1 aromatic carbocycles. The molecule has 2 N–H and O–H groups in total. The number of benzene rings is 1. The van der Waals surface area contributed by atoms with Gasteiger partial charge in [-0.1, -0.05) is 54.4 Å². The average molecular weight is 389 g/mol. The van der Waals surface area contributed by atoms with E-state index in [9.17, 15) is 9.59 Å². The summed E-state index contributed by atoms with van der Waals surface area (Å²) in [6, 6.07) is 5.00. The normalized spacial score (nSPS) is 12.2. The molecule has 9 heteroatoms. The van der Waals surface area contributed by atoms with E-state index < -0.39 is 5.25 Å². The lowest BCUT2D eigenvalue weighted by Crippen LogP contribution is -2.24. The zero-order chi connectivity index (χ0) is 17.7. The number of thioether (sulfide) groups is 1. The van der Waals surface area contributed by atoms with Crippen LogP contribution in [0.15, 0.2) is 28.2 Å². The van der Waals surface area contributed by atoms with Crippen LogP contribution in [0.1, 0.15) is 26.7 Å². The standard InChI is InChI=1S/C15H18Cl2N4O2S/c1-3-4-8-21-14(23)19-20-15(21)24-9(2)13(22)18-12-10(16)6-5-7-11(12)17/h5-7,9H,3-4,8H2,1-2H3,(H,18,22)(H,19,23). The van der Waals surface area contributed by atoms with E-state index >= 15 is 0 Å². The smallest absolute Gasteiger partial charge is 0.323 e. The molecule has 6 nitrogen and oxygen atoms in total. The van der Waals surface area contributed by atoms with Gasteiger partial charge in [0.05, 0.1) is 21.0 Å². The monoisotopic (exact) mass is 388 g/mol. The number of nitrogens with one attached hydrogen (secondary N) is 2. The van der Waals surface area contributed by atoms with Crippen LogP contribution in [0, 0.1) is 0 Å². The number of carbonyl (C=O) groups is 1. The molecule has 0 fully saturated rings. The van der Waals surface area contributed by atoms with Crippen molar-refractivity contribution in [1.82, 2.24) is 14.8 Å². The number of aromatic amines is 1. The molecule has 130 valence electrons. The van der Waals surface area contributed by atoms with Gasteiger partial charge in [-0.3, -0.25) is 9.36 Å². The molecular weight excluding hydrogens is 371 g/mol. The molecule has 0 radical (unpaired) electrons. The Balaban J connectivity index is 2.08. The lowest BCUT2D eigenvalue weighted by atomic mass is 10.3. The Hall–Kier alpha value is -1.44. The van der Waals surface area contributed by atoms with Gasteiger partial charge < -0.3 is 5.32 Å². The first kappa shape index (κ1) is 18.9. The van der Waals surface area contributed by atoms with Crippen LogP contribution in [0.2, 0.25) is 10.0 Å². The fourth-order valence-corrected chi connectivity index (χ4v) is 3.33. The van der Waals surface area contributed by atoms with Crippen molar-refractivity contribution in [2.24, 2.45) is 0 Å². The van der Waals surface area contributed by atoms with Gasteiger partial charge in [-0.05, 0) is 25.5 Å². The average Bonchev–Trinajstić information content (AvgIpc) is 2.88. The van der Waals surface area contributed by atoms with Crippen molar-refractivity contribution in [3.8, 4) is 0 Å². The van der Waals surface area contributed by atoms with E-state index in [0.717, 1.165) is 12.8 Å². The first-order valence-electron chi connectivity index (χ1n) is 7.50. The molecule has 1 amide bonds. The summed E-state index contributed by atoms with van der Waals surface area (Å²) in [6.07, 6.45) is 1.82. The van der Waals surface area contributed by atoms with Gasteiger partial charge in [-0.25, -0.2) is 9.89 Å². The fraction of sp³-hybridized carbons (Fsp3) is 0.400. The highest BCUT2D eigenvalue weighted by atomic mass is 35.5. The van der Waals surface area contributed by atoms with E-state index in [0.29, 0.717) is 27.4 Å². The van der Waals surface area contributed by atoms with Gasteiger partial charge in [0.25, 0.3) is 0 Å². The second kappa shape index (κ2) is 8.60. The number of nitrogens with zero attached hydrogens (tertiary/aromatic N) is 2. The Labute approximate surface area is 153 Å². The molecule has 0 saturated heterocycles. The van der Waals surface area contributed by atoms with Crippen LogP contribution in [0.25, 0.3) is 0 Å². The SMILES string of the molecule is CCCCn1c(SC(C)C(=O)Nc2c(Cl)cccc2Cl)n[nH]c1=O. The maximum Gasteiger partial charge on any atom is 0.343 e. The van der Waals surface area contributed by atoms with Crippen LogP contribution < -0.4 is 11.0 Å². The number of aromatic nitrogens is 3. The molecule has 0 saturated carbocycles. The molecule has 0 aliphatic rings. The van der Waals surface area contributed by atoms with Gasteiger partial charge in [0.1, 0.15) is 0 Å². The topological polar surface area (TPSA) is 79.8 Å². The second-order valence-corrected chi connectivity index (χ2v) is 7.28. The van der Waals surface area contributed by atoms with Gasteiger partial charge in [0, 0.05) is 6.54 Å². The molecule has 1 atom stereocenters. The molecule has 1 unspecified atom stereocenters. The van der Waals surface area contributed by atoms with Gasteiger partial charge in [-0.15, -0.1) is 5.10 Å². The van der Waals surface area contributed by atoms with Gasteiger partial charge in [0.15, 0.2) is 5.16 Å². The van der Waals surface area contributed by atoms with Gasteiger partial charge in [-0.2, -0.15) is 0 Å². The predicted molar refractivity (Wildman–Crippen MR) is 98.2 cm³/mol. The minimum Gasteiger partial charge on any atom is -0.323 e. The highest BCUT2D eigenvalue weighted by Gasteiger charge is 2.20. The number of amides is 1. The summed E-state index contributed by atoms with van der Waals surface area (Å²) in [5.41, 5.74) is 0.108. The number of unbranched alkanes of at least 4 members (excludes halogenated alkanes) is 1. The number of para-hydroxylation sites is 1. The summed E-state index contributed by atoms with van der Waals surface area (Å²) >= 11 is 13.3. The molecule has 1 aromatic heterocycles. The molecule has 0 aliphatic heterocycles. The van der Waals surface area contributed by atoms with Crippen LogP contribution in [0.4, 0.5) is 5.69 Å². The molecule has 0 bridgehead atoms. The molecule has 0 spiro atoms. The first-order chi connectivity index (χ1) is 11.4. The summed E-state index contributed by atoms with van der Waals surface area (Å²) in [4.78, 5) is 24.2. The van der Waals surface area contributed by atoms with E-state index in [1.54, 1.807) is 29.7 Å². The van der Waals surface area contributed by atoms with E-state index in [2.05, 4.69) is 15.5 Å². The number of halogens is 2. The Morgan fingerprint density at radius 2 is 2.08 bits per heavy atom. The Morgan fingerprint density at radius 1 is 1.42 bits per heavy atom. The maximum atomic E-state index is 12.4. The zero-order valence-electron chi connectivity index (χ0n) is 13.3. The highest BCUT2D eigenvalue weighted by molar-refractivity contribution is 8.00. The lowest BCUT2D eigenvalue weighted by molar-refractivity contribution is -0.115. The number of carbonyl (C=O) groups excluding carboxylic acids is 1. The van der Waals surface area contributed by atoms with Gasteiger partial charge >= 0.3 is 5.69 Å². The van der Waals surface area contributed by atoms with E-state index in [-0.39, 0.29) is 11.6 Å². The molecule has 24 heavy (non-hydrogen) atoms. The Morgan fingerprint density at radius 3 is 2.71 bits per heavy atom. The van der Waals surface area contributed by atoms with Crippen molar-refractivity contribution in [2.75, 3.05) is 5.32 Å². The van der Waals surface area contributed by atoms with Gasteiger partial charge in [0.2, 0.25) is 5.91 Å². The van der Waals surface area contributed by atoms with Crippen LogP contribution >= 0.6 is 35.0 Å². The van der Waals surface area contributed by atoms with Crippen LogP contribution in [0.5, 0.6) is 0 Å². The van der Waals surface area contributed by atoms with Crippen molar-refractivity contribution >= 4 is 46.6 Å². The number of hydrogen-bond acceptors (Lipinski definition) is 4. The Kier molecular flexibility index (Phi) is 6.77. The van der Waals surface area contributed by atoms with Crippen molar-refractivity contribution in [3.63, 3.8) is 0 Å². The van der Waals surface area contributed by atoms with Crippen molar-refractivity contribution < 1.29 is 4.79 Å². The van der Waals surface area contributed by atoms with Crippen molar-refractivity contribution in [3.05, 3.63) is 38.7 Å². The highest BCUT2D eigenvalue weighted by Crippen LogP contribution is 2.31. The van der Waals surface area contributed by atoms with Crippen molar-refractivity contribution in [1.29, 1.82) is 0 Å². The molecular formula is C15H18Cl2N4O2S. The summed E-state index contributed by atoms with van der Waals surface area (Å²) < 4.78 is 1.54. The van der Waals surface area contributed by atoms with Crippen LogP contribution in [0.3, 0.4) is 0 Å². The van der Waals surface area contributed by atoms with E-state index in [1.807, 2.05) is 6.92 Å². The van der Waals surface area contributed by atoms with Crippen molar-refractivity contribution in [2.45, 2.75) is 43.6 Å². The number of anilines is 1. The summed E-state index contributed by atoms with van der Waals surface area (Å²) in [7, 11) is 0. The molecule has 2 rings (SSSR count). The van der Waals surface area contributed by atoms with Crippen LogP contribution in [-0.2, 0) is 11.3 Å². The summed E-state index contributed by atoms with van der Waals surface area (Å²) in [5, 5.41) is 9.87. The molecule has 0 aliphatic carbocycles. The predicted octanol–water partition coefficient (Wildman–Crippen LogP) is 3.80. The summed E-state index contributed by atoms with van der Waals surface area (Å²) in [5.74, 6) is -0.271. The third-order valence-electron chi connectivity index (χ3n) is 3.32. The minimum absolute atomic E-state index is 0.271. The maximum absolute atomic E-state index is 12.4. The lowest BCUT2D eigenvalue weighted by Gasteiger charge is -2.14. The second-order valence-electron chi connectivity index (χ2n) is 5.16. The fourth-order valence-electron chi connectivity index (χ4n) is 1.96. The number of hydrogen-bond donors (Lipinski definition) is 2. The zero-order valence-corrected chi connectivity index (χ0v) is 15.6. The number of H-pyrrole nitrogens is 1. The third-order valence-corrected chi connectivity index (χ3v) is 5.04. The number of rotatable bonds is 7. The van der Waals surface area contributed by atoms with E-state index in [4.69, 9.17) is 23.2 Å². The Bertz CT molecular complexity index is 755. The largest absolute Gasteiger partial charge is 0.343 e. The van der Waals surface area contributed by atoms with Crippen LogP contribution in [-0.4, -0.2) is 25.9 Å². The third kappa shape index (κ3) is 4.55. The summed E-state index contributed by atoms with van der Waals surface area (Å²) in [6.45, 7) is 4.34. The van der Waals surface area contributed by atoms with E-state index in [1.165, 1.54) is 11.8 Å². The molecule has 2 aromatic rings. The molecule has 1 heterocycles. The first-order valence-corrected chi connectivity index (χ1v) is 9.14. The quantitative estimate of drug-likeness (QED) is 0.706.